The lowest BCUT2D eigenvalue weighted by Crippen LogP contribution is -2.47. The van der Waals surface area contributed by atoms with Crippen LogP contribution in [0.3, 0.4) is 0 Å². The van der Waals surface area contributed by atoms with Crippen LogP contribution in [0.25, 0.3) is 0 Å². The van der Waals surface area contributed by atoms with Crippen molar-refractivity contribution in [2.75, 3.05) is 10.0 Å². The topological polar surface area (TPSA) is 104 Å². The van der Waals surface area contributed by atoms with E-state index in [0.29, 0.717) is 22.0 Å². The van der Waals surface area contributed by atoms with Gasteiger partial charge in [0.05, 0.1) is 4.90 Å². The molecule has 0 heterocycles. The Morgan fingerprint density at radius 2 is 1.38 bits per heavy atom. The van der Waals surface area contributed by atoms with Crippen LogP contribution in [0.1, 0.15) is 29.8 Å². The van der Waals surface area contributed by atoms with E-state index in [2.05, 4.69) is 15.4 Å². The zero-order chi connectivity index (χ0) is 24.9. The SMILES string of the molecule is Cc1ccc(C(=O)N[C@H](C(=O)Nc2ccc(S(=O)(=O)Nc3ccc(Cl)cc3)cc2)C(C)C)cc1. The summed E-state index contributed by atoms with van der Waals surface area (Å²) in [6.45, 7) is 5.59. The van der Waals surface area contributed by atoms with Gasteiger partial charge in [-0.05, 0) is 73.5 Å². The third-order valence-corrected chi connectivity index (χ3v) is 6.73. The Morgan fingerprint density at radius 1 is 0.824 bits per heavy atom. The van der Waals surface area contributed by atoms with Gasteiger partial charge < -0.3 is 10.6 Å². The first-order chi connectivity index (χ1) is 16.0. The number of halogens is 1. The predicted octanol–water partition coefficient (Wildman–Crippen LogP) is 4.84. The van der Waals surface area contributed by atoms with Crippen LogP contribution in [0.15, 0.2) is 77.7 Å². The second kappa shape index (κ2) is 10.7. The third kappa shape index (κ3) is 6.59. The van der Waals surface area contributed by atoms with E-state index in [1.54, 1.807) is 36.4 Å². The van der Waals surface area contributed by atoms with E-state index in [0.717, 1.165) is 5.56 Å². The summed E-state index contributed by atoms with van der Waals surface area (Å²) < 4.78 is 27.7. The standard InChI is InChI=1S/C25H26ClN3O4S/c1-16(2)23(28-24(30)18-6-4-17(3)5-7-18)25(31)27-20-12-14-22(15-13-20)34(32,33)29-21-10-8-19(26)9-11-21/h4-16,23,29H,1-3H3,(H,27,31)(H,28,30)/t23-/m0/s1. The molecule has 0 fully saturated rings. The summed E-state index contributed by atoms with van der Waals surface area (Å²) in [4.78, 5) is 25.5. The van der Waals surface area contributed by atoms with Gasteiger partial charge in [-0.15, -0.1) is 0 Å². The second-order valence-corrected chi connectivity index (χ2v) is 10.3. The van der Waals surface area contributed by atoms with Crippen molar-refractivity contribution < 1.29 is 18.0 Å². The maximum atomic E-state index is 12.9. The van der Waals surface area contributed by atoms with Crippen molar-refractivity contribution in [3.8, 4) is 0 Å². The third-order valence-electron chi connectivity index (χ3n) is 5.08. The average Bonchev–Trinajstić information content (AvgIpc) is 2.79. The molecule has 3 aromatic rings. The highest BCUT2D eigenvalue weighted by atomic mass is 35.5. The van der Waals surface area contributed by atoms with Gasteiger partial charge in [0.25, 0.3) is 15.9 Å². The van der Waals surface area contributed by atoms with Gasteiger partial charge in [-0.2, -0.15) is 0 Å². The average molecular weight is 500 g/mol. The first kappa shape index (κ1) is 25.3. The van der Waals surface area contributed by atoms with Gasteiger partial charge in [-0.1, -0.05) is 43.1 Å². The lowest BCUT2D eigenvalue weighted by atomic mass is 10.0. The summed E-state index contributed by atoms with van der Waals surface area (Å²) >= 11 is 5.83. The van der Waals surface area contributed by atoms with Gasteiger partial charge >= 0.3 is 0 Å². The lowest BCUT2D eigenvalue weighted by Gasteiger charge is -2.22. The Kier molecular flexibility index (Phi) is 7.96. The highest BCUT2D eigenvalue weighted by molar-refractivity contribution is 7.92. The van der Waals surface area contributed by atoms with Gasteiger partial charge in [0.2, 0.25) is 5.91 Å². The molecule has 178 valence electrons. The Labute approximate surface area is 204 Å². The number of amides is 2. The van der Waals surface area contributed by atoms with Crippen molar-refractivity contribution in [3.05, 3.63) is 88.9 Å². The Bertz CT molecular complexity index is 1260. The molecule has 3 N–H and O–H groups in total. The fourth-order valence-electron chi connectivity index (χ4n) is 3.13. The molecule has 1 atom stereocenters. The molecule has 0 aliphatic heterocycles. The van der Waals surface area contributed by atoms with Gasteiger partial charge in [0.15, 0.2) is 0 Å². The number of rotatable bonds is 8. The Balaban J connectivity index is 1.67. The molecule has 9 heteroatoms. The van der Waals surface area contributed by atoms with Crippen LogP contribution in [0.4, 0.5) is 11.4 Å². The van der Waals surface area contributed by atoms with Gasteiger partial charge in [-0.3, -0.25) is 14.3 Å². The van der Waals surface area contributed by atoms with E-state index < -0.39 is 22.0 Å². The molecule has 0 radical (unpaired) electrons. The largest absolute Gasteiger partial charge is 0.340 e. The number of carbonyl (C=O) groups is 2. The minimum atomic E-state index is -3.81. The van der Waals surface area contributed by atoms with Gasteiger partial charge in [0, 0.05) is 22.0 Å². The van der Waals surface area contributed by atoms with Crippen molar-refractivity contribution in [1.82, 2.24) is 5.32 Å². The number of nitrogens with one attached hydrogen (secondary N) is 3. The number of hydrogen-bond acceptors (Lipinski definition) is 4. The highest BCUT2D eigenvalue weighted by Gasteiger charge is 2.25. The van der Waals surface area contributed by atoms with E-state index in [4.69, 9.17) is 11.6 Å². The zero-order valence-corrected chi connectivity index (χ0v) is 20.6. The summed E-state index contributed by atoms with van der Waals surface area (Å²) in [5, 5.41) is 6.01. The fourth-order valence-corrected chi connectivity index (χ4v) is 4.32. The molecular weight excluding hydrogens is 474 g/mol. The van der Waals surface area contributed by atoms with Gasteiger partial charge in [0.1, 0.15) is 6.04 Å². The first-order valence-corrected chi connectivity index (χ1v) is 12.5. The van der Waals surface area contributed by atoms with Crippen molar-refractivity contribution in [2.24, 2.45) is 5.92 Å². The molecule has 7 nitrogen and oxygen atoms in total. The number of benzene rings is 3. The van der Waals surface area contributed by atoms with Gasteiger partial charge in [-0.25, -0.2) is 8.42 Å². The summed E-state index contributed by atoms with van der Waals surface area (Å²) in [5.74, 6) is -0.911. The maximum Gasteiger partial charge on any atom is 0.261 e. The lowest BCUT2D eigenvalue weighted by molar-refractivity contribution is -0.118. The Morgan fingerprint density at radius 3 is 1.94 bits per heavy atom. The van der Waals surface area contributed by atoms with E-state index in [1.165, 1.54) is 24.3 Å². The summed E-state index contributed by atoms with van der Waals surface area (Å²) in [7, 11) is -3.81. The predicted molar refractivity (Wildman–Crippen MR) is 135 cm³/mol. The molecule has 3 rings (SSSR count). The van der Waals surface area contributed by atoms with Crippen LogP contribution in [-0.4, -0.2) is 26.3 Å². The van der Waals surface area contributed by atoms with Crippen LogP contribution in [0, 0.1) is 12.8 Å². The Hall–Kier alpha value is -3.36. The number of sulfonamides is 1. The molecule has 34 heavy (non-hydrogen) atoms. The van der Waals surface area contributed by atoms with Crippen molar-refractivity contribution in [1.29, 1.82) is 0 Å². The first-order valence-electron chi connectivity index (χ1n) is 10.6. The van der Waals surface area contributed by atoms with E-state index in [1.807, 2.05) is 32.9 Å². The molecule has 0 aliphatic rings. The number of carbonyl (C=O) groups excluding carboxylic acids is 2. The van der Waals surface area contributed by atoms with E-state index in [-0.39, 0.29) is 16.7 Å². The summed E-state index contributed by atoms with van der Waals surface area (Å²) in [6.07, 6.45) is 0. The molecule has 0 saturated heterocycles. The zero-order valence-electron chi connectivity index (χ0n) is 19.0. The van der Waals surface area contributed by atoms with Crippen LogP contribution < -0.4 is 15.4 Å². The molecule has 0 spiro atoms. The van der Waals surface area contributed by atoms with Crippen molar-refractivity contribution in [3.63, 3.8) is 0 Å². The molecule has 0 bridgehead atoms. The van der Waals surface area contributed by atoms with Crippen LogP contribution in [-0.2, 0) is 14.8 Å². The minimum absolute atomic E-state index is 0.0357. The quantitative estimate of drug-likeness (QED) is 0.412. The van der Waals surface area contributed by atoms with Crippen molar-refractivity contribution in [2.45, 2.75) is 31.7 Å². The number of hydrogen-bond donors (Lipinski definition) is 3. The van der Waals surface area contributed by atoms with E-state index >= 15 is 0 Å². The minimum Gasteiger partial charge on any atom is -0.340 e. The molecule has 0 unspecified atom stereocenters. The van der Waals surface area contributed by atoms with Crippen LogP contribution in [0.2, 0.25) is 5.02 Å². The molecule has 0 saturated carbocycles. The molecule has 2 amide bonds. The van der Waals surface area contributed by atoms with E-state index in [9.17, 15) is 18.0 Å². The molecule has 0 aromatic heterocycles. The van der Waals surface area contributed by atoms with Crippen LogP contribution in [0.5, 0.6) is 0 Å². The number of aryl methyl sites for hydroxylation is 1. The summed E-state index contributed by atoms with van der Waals surface area (Å²) in [6, 6.07) is 18.4. The molecule has 0 aliphatic carbocycles. The summed E-state index contributed by atoms with van der Waals surface area (Å²) in [5.41, 5.74) is 2.28. The molecular formula is C25H26ClN3O4S. The monoisotopic (exact) mass is 499 g/mol. The van der Waals surface area contributed by atoms with Crippen molar-refractivity contribution >= 4 is 44.8 Å². The van der Waals surface area contributed by atoms with Crippen LogP contribution >= 0.6 is 11.6 Å². The fraction of sp³-hybridized carbons (Fsp3) is 0.200. The maximum absolute atomic E-state index is 12.9. The second-order valence-electron chi connectivity index (χ2n) is 8.19. The highest BCUT2D eigenvalue weighted by Crippen LogP contribution is 2.20. The number of anilines is 2. The smallest absolute Gasteiger partial charge is 0.261 e. The normalized spacial score (nSPS) is 12.1. The molecule has 3 aromatic carbocycles.